The summed E-state index contributed by atoms with van der Waals surface area (Å²) >= 11 is 0. The fraction of sp³-hybridized carbons (Fsp3) is 0.941. The smallest absolute Gasteiger partial charge is 0.325 e. The molecule has 0 amide bonds. The van der Waals surface area contributed by atoms with Crippen LogP contribution in [0.5, 0.6) is 0 Å². The highest BCUT2D eigenvalue weighted by atomic mass is 16.5. The zero-order valence-corrected chi connectivity index (χ0v) is 15.2. The topological polar surface area (TPSA) is 41.6 Å². The first kappa shape index (κ1) is 20.4. The normalized spacial score (nSPS) is 14.8. The van der Waals surface area contributed by atoms with Crippen LogP contribution in [0.2, 0.25) is 0 Å². The molecule has 1 N–H and O–H groups in total. The summed E-state index contributed by atoms with van der Waals surface area (Å²) in [4.78, 5) is 14.4. The lowest BCUT2D eigenvalue weighted by Gasteiger charge is -2.30. The average molecular weight is 300 g/mol. The molecule has 0 aliphatic carbocycles. The van der Waals surface area contributed by atoms with E-state index < -0.39 is 5.54 Å². The molecular formula is C17H36N2O2. The molecule has 0 saturated heterocycles. The molecule has 0 bridgehead atoms. The van der Waals surface area contributed by atoms with Gasteiger partial charge < -0.3 is 9.64 Å². The van der Waals surface area contributed by atoms with Gasteiger partial charge in [0.05, 0.1) is 7.11 Å². The van der Waals surface area contributed by atoms with E-state index in [1.807, 2.05) is 6.92 Å². The highest BCUT2D eigenvalue weighted by Crippen LogP contribution is 2.17. The quantitative estimate of drug-likeness (QED) is 0.470. The molecule has 21 heavy (non-hydrogen) atoms. The Kier molecular flexibility index (Phi) is 9.88. The molecular weight excluding hydrogens is 264 g/mol. The Bertz CT molecular complexity index is 293. The van der Waals surface area contributed by atoms with Crippen molar-refractivity contribution in [3.8, 4) is 0 Å². The van der Waals surface area contributed by atoms with Crippen molar-refractivity contribution in [3.63, 3.8) is 0 Å². The van der Waals surface area contributed by atoms with Crippen molar-refractivity contribution in [2.45, 2.75) is 71.9 Å². The first-order valence-electron chi connectivity index (χ1n) is 8.26. The van der Waals surface area contributed by atoms with Crippen LogP contribution in [0.15, 0.2) is 0 Å². The molecule has 0 rings (SSSR count). The number of nitrogens with zero attached hydrogens (tertiary/aromatic N) is 1. The highest BCUT2D eigenvalue weighted by molar-refractivity contribution is 5.80. The second-order valence-electron chi connectivity index (χ2n) is 7.07. The van der Waals surface area contributed by atoms with E-state index in [2.05, 4.69) is 45.0 Å². The van der Waals surface area contributed by atoms with Gasteiger partial charge in [0.25, 0.3) is 0 Å². The maximum absolute atomic E-state index is 12.0. The molecule has 126 valence electrons. The summed E-state index contributed by atoms with van der Waals surface area (Å²) in [6, 6.07) is 0.266. The van der Waals surface area contributed by atoms with Crippen molar-refractivity contribution in [3.05, 3.63) is 0 Å². The van der Waals surface area contributed by atoms with E-state index in [-0.39, 0.29) is 12.0 Å². The van der Waals surface area contributed by atoms with Crippen LogP contribution in [0.1, 0.15) is 60.3 Å². The molecule has 1 atom stereocenters. The van der Waals surface area contributed by atoms with E-state index in [0.29, 0.717) is 0 Å². The van der Waals surface area contributed by atoms with Crippen molar-refractivity contribution in [1.29, 1.82) is 0 Å². The number of carbonyl (C=O) groups is 1. The second kappa shape index (κ2) is 10.2. The zero-order valence-electron chi connectivity index (χ0n) is 15.2. The first-order valence-corrected chi connectivity index (χ1v) is 8.26. The number of carbonyl (C=O) groups excluding carboxylic acids is 1. The van der Waals surface area contributed by atoms with Crippen LogP contribution in [0.3, 0.4) is 0 Å². The van der Waals surface area contributed by atoms with Gasteiger partial charge in [0, 0.05) is 6.04 Å². The Morgan fingerprint density at radius 1 is 1.19 bits per heavy atom. The minimum atomic E-state index is -0.570. The van der Waals surface area contributed by atoms with Crippen molar-refractivity contribution < 1.29 is 9.53 Å². The van der Waals surface area contributed by atoms with Crippen molar-refractivity contribution >= 4 is 5.97 Å². The summed E-state index contributed by atoms with van der Waals surface area (Å²) in [6.45, 7) is 12.8. The maximum Gasteiger partial charge on any atom is 0.325 e. The van der Waals surface area contributed by atoms with E-state index in [1.165, 1.54) is 13.5 Å². The van der Waals surface area contributed by atoms with Crippen molar-refractivity contribution in [2.75, 3.05) is 27.2 Å². The molecule has 0 heterocycles. The molecule has 0 saturated carbocycles. The van der Waals surface area contributed by atoms with E-state index >= 15 is 0 Å². The Labute approximate surface area is 131 Å². The van der Waals surface area contributed by atoms with Crippen LogP contribution >= 0.6 is 0 Å². The minimum Gasteiger partial charge on any atom is -0.468 e. The number of esters is 1. The molecule has 4 nitrogen and oxygen atoms in total. The Morgan fingerprint density at radius 2 is 1.81 bits per heavy atom. The SMILES string of the molecule is COC(=O)C(C)(CCCCN(C)CCC(C)C)NC(C)C. The summed E-state index contributed by atoms with van der Waals surface area (Å²) in [6.07, 6.45) is 4.19. The fourth-order valence-corrected chi connectivity index (χ4v) is 2.55. The van der Waals surface area contributed by atoms with E-state index in [4.69, 9.17) is 4.74 Å². The molecule has 0 aromatic heterocycles. The Morgan fingerprint density at radius 3 is 2.29 bits per heavy atom. The summed E-state index contributed by atoms with van der Waals surface area (Å²) in [5.74, 6) is 0.592. The van der Waals surface area contributed by atoms with Crippen molar-refractivity contribution in [2.24, 2.45) is 5.92 Å². The van der Waals surface area contributed by atoms with Gasteiger partial charge in [-0.05, 0) is 72.5 Å². The molecule has 0 aliphatic rings. The van der Waals surface area contributed by atoms with Crippen LogP contribution in [0.4, 0.5) is 0 Å². The van der Waals surface area contributed by atoms with Gasteiger partial charge in [-0.2, -0.15) is 0 Å². The number of hydrogen-bond acceptors (Lipinski definition) is 4. The highest BCUT2D eigenvalue weighted by Gasteiger charge is 2.33. The summed E-state index contributed by atoms with van der Waals surface area (Å²) in [5.41, 5.74) is -0.570. The molecule has 0 aromatic carbocycles. The van der Waals surface area contributed by atoms with Gasteiger partial charge in [-0.3, -0.25) is 10.1 Å². The van der Waals surface area contributed by atoms with Gasteiger partial charge in [-0.1, -0.05) is 13.8 Å². The lowest BCUT2D eigenvalue weighted by atomic mass is 9.93. The third-order valence-electron chi connectivity index (χ3n) is 3.80. The number of ether oxygens (including phenoxy) is 1. The van der Waals surface area contributed by atoms with Crippen molar-refractivity contribution in [1.82, 2.24) is 10.2 Å². The first-order chi connectivity index (χ1) is 9.71. The van der Waals surface area contributed by atoms with E-state index in [9.17, 15) is 4.79 Å². The zero-order chi connectivity index (χ0) is 16.5. The third kappa shape index (κ3) is 9.10. The number of methoxy groups -OCH3 is 1. The molecule has 4 heteroatoms. The lowest BCUT2D eigenvalue weighted by molar-refractivity contribution is -0.148. The molecule has 0 radical (unpaired) electrons. The van der Waals surface area contributed by atoms with Crippen LogP contribution in [-0.4, -0.2) is 49.7 Å². The molecule has 1 unspecified atom stereocenters. The largest absolute Gasteiger partial charge is 0.468 e. The van der Waals surface area contributed by atoms with Crippen LogP contribution in [-0.2, 0) is 9.53 Å². The Hall–Kier alpha value is -0.610. The molecule has 0 aromatic rings. The van der Waals surface area contributed by atoms with Crippen LogP contribution in [0.25, 0.3) is 0 Å². The van der Waals surface area contributed by atoms with E-state index in [0.717, 1.165) is 38.3 Å². The summed E-state index contributed by atoms with van der Waals surface area (Å²) in [5, 5.41) is 3.35. The minimum absolute atomic E-state index is 0.163. The van der Waals surface area contributed by atoms with Gasteiger partial charge in [-0.15, -0.1) is 0 Å². The molecule has 0 fully saturated rings. The maximum atomic E-state index is 12.0. The number of nitrogens with one attached hydrogen (secondary N) is 1. The predicted octanol–water partition coefficient (Wildman–Crippen LogP) is 3.06. The van der Waals surface area contributed by atoms with Crippen LogP contribution < -0.4 is 5.32 Å². The van der Waals surface area contributed by atoms with Gasteiger partial charge in [-0.25, -0.2) is 0 Å². The Balaban J connectivity index is 4.12. The summed E-state index contributed by atoms with van der Waals surface area (Å²) < 4.78 is 4.95. The third-order valence-corrected chi connectivity index (χ3v) is 3.80. The lowest BCUT2D eigenvalue weighted by Crippen LogP contribution is -2.52. The monoisotopic (exact) mass is 300 g/mol. The number of unbranched alkanes of at least 4 members (excludes halogenated alkanes) is 1. The summed E-state index contributed by atoms with van der Waals surface area (Å²) in [7, 11) is 3.64. The second-order valence-corrected chi connectivity index (χ2v) is 7.07. The number of hydrogen-bond donors (Lipinski definition) is 1. The van der Waals surface area contributed by atoms with E-state index in [1.54, 1.807) is 0 Å². The number of rotatable bonds is 11. The van der Waals surface area contributed by atoms with Gasteiger partial charge in [0.1, 0.15) is 5.54 Å². The van der Waals surface area contributed by atoms with Gasteiger partial charge in [0.2, 0.25) is 0 Å². The van der Waals surface area contributed by atoms with Gasteiger partial charge in [0.15, 0.2) is 0 Å². The average Bonchev–Trinajstić information content (AvgIpc) is 2.39. The van der Waals surface area contributed by atoms with Crippen LogP contribution in [0, 0.1) is 5.92 Å². The molecule has 0 aliphatic heterocycles. The fourth-order valence-electron chi connectivity index (χ4n) is 2.55. The molecule has 0 spiro atoms. The predicted molar refractivity (Wildman–Crippen MR) is 89.5 cm³/mol. The standard InChI is InChI=1S/C17H36N2O2/c1-14(2)10-13-19(6)12-9-8-11-17(5,16(20)21-7)18-15(3)4/h14-15,18H,8-13H2,1-7H3. The van der Waals surface area contributed by atoms with Gasteiger partial charge >= 0.3 is 5.97 Å².